The van der Waals surface area contributed by atoms with E-state index in [9.17, 15) is 9.59 Å². The molecule has 0 bridgehead atoms. The Kier molecular flexibility index (Phi) is 3.14. The molecule has 96 valence electrons. The molecular weight excluding hydrogens is 381 g/mol. The molecule has 0 saturated carbocycles. The second-order valence-electron chi connectivity index (χ2n) is 3.67. The quantitative estimate of drug-likeness (QED) is 0.494. The summed E-state index contributed by atoms with van der Waals surface area (Å²) in [6.07, 6.45) is 1.29. The fourth-order valence-corrected chi connectivity index (χ4v) is 2.69. The molecule has 19 heavy (non-hydrogen) atoms. The Morgan fingerprint density at radius 1 is 1.47 bits per heavy atom. The molecule has 0 aliphatic carbocycles. The Balaban J connectivity index is 2.12. The third kappa shape index (κ3) is 2.18. The third-order valence-corrected chi connectivity index (χ3v) is 3.86. The van der Waals surface area contributed by atoms with Crippen molar-refractivity contribution in [3.8, 4) is 0 Å². The number of fused-ring (bicyclic) bond motifs is 1. The molecule has 0 aliphatic rings. The van der Waals surface area contributed by atoms with Gasteiger partial charge in [-0.05, 0) is 11.4 Å². The van der Waals surface area contributed by atoms with Crippen molar-refractivity contribution < 1.29 is 4.79 Å². The number of aromatic nitrogens is 5. The molecule has 0 spiro atoms. The minimum atomic E-state index is -0.366. The Morgan fingerprint density at radius 2 is 2.32 bits per heavy atom. The lowest BCUT2D eigenvalue weighted by Crippen LogP contribution is -2.30. The molecule has 3 aromatic heterocycles. The van der Waals surface area contributed by atoms with Crippen molar-refractivity contribution in [2.24, 2.45) is 0 Å². The van der Waals surface area contributed by atoms with Gasteiger partial charge in [-0.3, -0.25) is 4.79 Å². The van der Waals surface area contributed by atoms with Crippen LogP contribution in [0.4, 0.5) is 0 Å². The maximum Gasteiger partial charge on any atom is 0.353 e. The molecule has 9 heteroatoms. The molecule has 0 aromatic carbocycles. The van der Waals surface area contributed by atoms with Gasteiger partial charge in [0.1, 0.15) is 6.33 Å². The summed E-state index contributed by atoms with van der Waals surface area (Å²) in [5.41, 5.74) is -0.0323. The van der Waals surface area contributed by atoms with Crippen LogP contribution in [-0.4, -0.2) is 28.2 Å². The Labute approximate surface area is 124 Å². The number of carbonyl (C=O) groups excluding carboxylic acids is 1. The molecule has 3 heterocycles. The van der Waals surface area contributed by atoms with Crippen molar-refractivity contribution in [3.05, 3.63) is 44.9 Å². The van der Waals surface area contributed by atoms with E-state index in [1.165, 1.54) is 26.7 Å². The van der Waals surface area contributed by atoms with E-state index >= 15 is 0 Å². The van der Waals surface area contributed by atoms with Crippen molar-refractivity contribution in [3.63, 3.8) is 0 Å². The summed E-state index contributed by atoms with van der Waals surface area (Å²) < 4.78 is 2.19. The van der Waals surface area contributed by atoms with Crippen molar-refractivity contribution >= 4 is 43.4 Å². The highest BCUT2D eigenvalue weighted by molar-refractivity contribution is 14.1. The maximum absolute atomic E-state index is 12.2. The van der Waals surface area contributed by atoms with Gasteiger partial charge in [-0.2, -0.15) is 4.68 Å². The lowest BCUT2D eigenvalue weighted by molar-refractivity contribution is 0.110. The fraction of sp³-hybridized carbons (Fsp3) is 0.100. The first-order chi connectivity index (χ1) is 9.16. The maximum atomic E-state index is 12.2. The minimum Gasteiger partial charge on any atom is -0.280 e. The molecule has 7 nitrogen and oxygen atoms in total. The number of carbonyl (C=O) groups is 1. The average molecular weight is 387 g/mol. The number of rotatable bonds is 3. The predicted octanol–water partition coefficient (Wildman–Crippen LogP) is 0.971. The summed E-state index contributed by atoms with van der Waals surface area (Å²) in [5.74, 6) is 0. The normalized spacial score (nSPS) is 11.0. The number of hydrogen-bond acceptors (Lipinski definition) is 6. The van der Waals surface area contributed by atoms with Crippen molar-refractivity contribution in [1.82, 2.24) is 24.4 Å². The summed E-state index contributed by atoms with van der Waals surface area (Å²) in [7, 11) is 0. The molecule has 0 saturated heterocycles. The van der Waals surface area contributed by atoms with Crippen molar-refractivity contribution in [2.45, 2.75) is 6.54 Å². The van der Waals surface area contributed by atoms with Crippen LogP contribution in [0.5, 0.6) is 0 Å². The number of thiophene rings is 1. The topological polar surface area (TPSA) is 82.2 Å². The van der Waals surface area contributed by atoms with E-state index in [0.717, 1.165) is 4.88 Å². The lowest BCUT2D eigenvalue weighted by atomic mass is 10.5. The first-order valence-corrected chi connectivity index (χ1v) is 7.16. The third-order valence-electron chi connectivity index (χ3n) is 2.49. The first kappa shape index (κ1) is 12.4. The zero-order chi connectivity index (χ0) is 13.4. The van der Waals surface area contributed by atoms with Gasteiger partial charge < -0.3 is 0 Å². The zero-order valence-corrected chi connectivity index (χ0v) is 12.3. The molecule has 0 fully saturated rings. The van der Waals surface area contributed by atoms with Crippen LogP contribution in [0.15, 0.2) is 28.6 Å². The first-order valence-electron chi connectivity index (χ1n) is 5.20. The molecule has 0 unspecified atom stereocenters. The van der Waals surface area contributed by atoms with Crippen LogP contribution in [0.2, 0.25) is 0 Å². The molecule has 0 N–H and O–H groups in total. The van der Waals surface area contributed by atoms with Gasteiger partial charge in [0, 0.05) is 27.5 Å². The molecular formula is C10H6IN5O2S. The van der Waals surface area contributed by atoms with Crippen LogP contribution >= 0.6 is 33.9 Å². The van der Waals surface area contributed by atoms with Gasteiger partial charge in [-0.25, -0.2) is 14.2 Å². The van der Waals surface area contributed by atoms with Gasteiger partial charge in [-0.15, -0.1) is 16.4 Å². The zero-order valence-electron chi connectivity index (χ0n) is 9.36. The van der Waals surface area contributed by atoms with Crippen molar-refractivity contribution in [1.29, 1.82) is 0 Å². The fourth-order valence-electron chi connectivity index (χ4n) is 1.62. The summed E-state index contributed by atoms with van der Waals surface area (Å²) in [6.45, 7) is 0.352. The van der Waals surface area contributed by atoms with E-state index in [1.54, 1.807) is 22.6 Å². The van der Waals surface area contributed by atoms with Gasteiger partial charge in [0.05, 0.1) is 6.54 Å². The number of halogens is 1. The summed E-state index contributed by atoms with van der Waals surface area (Å²) in [6, 6.07) is 3.82. The van der Waals surface area contributed by atoms with E-state index in [2.05, 4.69) is 15.3 Å². The number of hydrogen-bond donors (Lipinski definition) is 0. The Bertz CT molecular complexity index is 807. The van der Waals surface area contributed by atoms with Crippen LogP contribution in [0.25, 0.3) is 5.65 Å². The molecule has 3 aromatic rings. The highest BCUT2D eigenvalue weighted by Gasteiger charge is 2.15. The Hall–Kier alpha value is -1.62. The van der Waals surface area contributed by atoms with Gasteiger partial charge in [0.25, 0.3) is 0 Å². The van der Waals surface area contributed by atoms with Gasteiger partial charge in [-0.1, -0.05) is 11.3 Å². The highest BCUT2D eigenvalue weighted by atomic mass is 127. The van der Waals surface area contributed by atoms with Gasteiger partial charge >= 0.3 is 5.69 Å². The van der Waals surface area contributed by atoms with Crippen LogP contribution in [0.1, 0.15) is 15.4 Å². The van der Waals surface area contributed by atoms with Gasteiger partial charge in [0.15, 0.2) is 11.3 Å². The van der Waals surface area contributed by atoms with E-state index in [4.69, 9.17) is 0 Å². The summed E-state index contributed by atoms with van der Waals surface area (Å²) >= 11 is 3.14. The van der Waals surface area contributed by atoms with E-state index in [1.807, 2.05) is 17.5 Å². The molecule has 0 atom stereocenters. The lowest BCUT2D eigenvalue weighted by Gasteiger charge is -2.01. The molecule has 0 radical (unpaired) electrons. The van der Waals surface area contributed by atoms with E-state index in [-0.39, 0.29) is 20.8 Å². The standard InChI is InChI=1S/C10H6IN5O2S/c11-8(17)7-9-13-14-16(4-6-2-1-3-19-6)10(18)15(9)5-12-7/h1-3,5H,4H2. The smallest absolute Gasteiger partial charge is 0.280 e. The van der Waals surface area contributed by atoms with Crippen LogP contribution in [0.3, 0.4) is 0 Å². The molecule has 3 rings (SSSR count). The van der Waals surface area contributed by atoms with E-state index in [0.29, 0.717) is 6.54 Å². The SMILES string of the molecule is O=C(I)c1ncn2c(=O)n(Cc3cccs3)nnc12. The largest absolute Gasteiger partial charge is 0.353 e. The molecule has 0 amide bonds. The minimum absolute atomic E-state index is 0.147. The monoisotopic (exact) mass is 387 g/mol. The van der Waals surface area contributed by atoms with Crippen LogP contribution < -0.4 is 5.69 Å². The second kappa shape index (κ2) is 4.81. The van der Waals surface area contributed by atoms with Crippen molar-refractivity contribution in [2.75, 3.05) is 0 Å². The predicted molar refractivity (Wildman–Crippen MR) is 76.8 cm³/mol. The number of imidazole rings is 1. The Morgan fingerprint density at radius 3 is 3.00 bits per heavy atom. The summed E-state index contributed by atoms with van der Waals surface area (Å²) in [5, 5.41) is 9.66. The van der Waals surface area contributed by atoms with Gasteiger partial charge in [0.2, 0.25) is 3.79 Å². The van der Waals surface area contributed by atoms with Crippen LogP contribution in [-0.2, 0) is 6.54 Å². The average Bonchev–Trinajstić information content (AvgIpc) is 3.01. The highest BCUT2D eigenvalue weighted by Crippen LogP contribution is 2.10. The van der Waals surface area contributed by atoms with E-state index < -0.39 is 0 Å². The number of nitrogens with zero attached hydrogens (tertiary/aromatic N) is 5. The van der Waals surface area contributed by atoms with Crippen LogP contribution in [0, 0.1) is 0 Å². The second-order valence-corrected chi connectivity index (χ2v) is 5.68. The summed E-state index contributed by atoms with van der Waals surface area (Å²) in [4.78, 5) is 28.4. The molecule has 0 aliphatic heterocycles.